The molecule has 2 amide bonds. The minimum atomic E-state index is -0.438. The highest BCUT2D eigenvalue weighted by Gasteiger charge is 2.16. The van der Waals surface area contributed by atoms with Gasteiger partial charge in [-0.05, 0) is 24.6 Å². The Balaban J connectivity index is 1.82. The van der Waals surface area contributed by atoms with Crippen molar-refractivity contribution in [2.24, 2.45) is 0 Å². The number of nitrogens with zero attached hydrogens (tertiary/aromatic N) is 1. The molecule has 0 fully saturated rings. The van der Waals surface area contributed by atoms with Crippen LogP contribution in [0.3, 0.4) is 0 Å². The summed E-state index contributed by atoms with van der Waals surface area (Å²) in [5, 5.41) is 9.37. The van der Waals surface area contributed by atoms with Crippen molar-refractivity contribution in [3.8, 4) is 11.3 Å². The normalized spacial score (nSPS) is 10.3. The predicted molar refractivity (Wildman–Crippen MR) is 95.4 cm³/mol. The summed E-state index contributed by atoms with van der Waals surface area (Å²) in [7, 11) is 0. The van der Waals surface area contributed by atoms with Crippen LogP contribution in [-0.2, 0) is 4.79 Å². The molecular formula is C19H17N3O3. The molecule has 0 aliphatic rings. The van der Waals surface area contributed by atoms with Gasteiger partial charge >= 0.3 is 0 Å². The number of aromatic nitrogens is 1. The summed E-state index contributed by atoms with van der Waals surface area (Å²) in [5.74, 6) is -0.564. The van der Waals surface area contributed by atoms with Crippen LogP contribution in [0.25, 0.3) is 11.3 Å². The van der Waals surface area contributed by atoms with Crippen molar-refractivity contribution in [1.29, 1.82) is 0 Å². The summed E-state index contributed by atoms with van der Waals surface area (Å²) in [5.41, 5.74) is 3.41. The molecule has 0 aliphatic carbocycles. The largest absolute Gasteiger partial charge is 0.350 e. The Hall–Kier alpha value is -3.41. The maximum absolute atomic E-state index is 12.5. The number of rotatable bonds is 4. The average Bonchev–Trinajstić information content (AvgIpc) is 3.08. The van der Waals surface area contributed by atoms with Gasteiger partial charge < -0.3 is 15.2 Å². The molecule has 0 aliphatic heterocycles. The Morgan fingerprint density at radius 3 is 2.44 bits per heavy atom. The van der Waals surface area contributed by atoms with Crippen molar-refractivity contribution >= 4 is 23.2 Å². The van der Waals surface area contributed by atoms with Crippen LogP contribution in [-0.4, -0.2) is 17.0 Å². The molecule has 0 bridgehead atoms. The van der Waals surface area contributed by atoms with Crippen molar-refractivity contribution in [3.63, 3.8) is 0 Å². The molecule has 1 aromatic heterocycles. The number of anilines is 2. The predicted octanol–water partition coefficient (Wildman–Crippen LogP) is 3.86. The highest BCUT2D eigenvalue weighted by molar-refractivity contribution is 6.06. The molecule has 0 saturated heterocycles. The molecule has 2 aromatic carbocycles. The van der Waals surface area contributed by atoms with Crippen molar-refractivity contribution in [3.05, 3.63) is 65.9 Å². The molecule has 6 heteroatoms. The monoisotopic (exact) mass is 335 g/mol. The van der Waals surface area contributed by atoms with Crippen molar-refractivity contribution in [2.45, 2.75) is 13.8 Å². The van der Waals surface area contributed by atoms with Crippen LogP contribution in [0.5, 0.6) is 0 Å². The van der Waals surface area contributed by atoms with E-state index in [1.54, 1.807) is 18.2 Å². The number of benzene rings is 2. The van der Waals surface area contributed by atoms with Gasteiger partial charge in [0.2, 0.25) is 11.7 Å². The fraction of sp³-hybridized carbons (Fsp3) is 0.105. The maximum Gasteiger partial charge on any atom is 0.294 e. The van der Waals surface area contributed by atoms with Gasteiger partial charge in [-0.15, -0.1) is 0 Å². The van der Waals surface area contributed by atoms with Crippen molar-refractivity contribution in [2.75, 3.05) is 10.6 Å². The number of hydrogen-bond donors (Lipinski definition) is 2. The highest BCUT2D eigenvalue weighted by Crippen LogP contribution is 2.25. The van der Waals surface area contributed by atoms with Crippen LogP contribution in [0.15, 0.2) is 59.1 Å². The Bertz CT molecular complexity index is 917. The quantitative estimate of drug-likeness (QED) is 0.758. The van der Waals surface area contributed by atoms with E-state index < -0.39 is 5.91 Å². The Labute approximate surface area is 144 Å². The molecular weight excluding hydrogens is 318 g/mol. The van der Waals surface area contributed by atoms with Gasteiger partial charge in [-0.25, -0.2) is 0 Å². The van der Waals surface area contributed by atoms with Gasteiger partial charge in [0, 0.05) is 18.6 Å². The number of aryl methyl sites for hydroxylation is 1. The summed E-state index contributed by atoms with van der Waals surface area (Å²) in [6.45, 7) is 3.31. The van der Waals surface area contributed by atoms with Crippen LogP contribution in [0.2, 0.25) is 0 Å². The number of hydrogen-bond acceptors (Lipinski definition) is 4. The molecule has 6 nitrogen and oxygen atoms in total. The average molecular weight is 335 g/mol. The van der Waals surface area contributed by atoms with Gasteiger partial charge in [-0.2, -0.15) is 0 Å². The Morgan fingerprint density at radius 1 is 0.960 bits per heavy atom. The smallest absolute Gasteiger partial charge is 0.294 e. The number of carbonyl (C=O) groups excluding carboxylic acids is 2. The molecule has 0 atom stereocenters. The highest BCUT2D eigenvalue weighted by atomic mass is 16.5. The summed E-state index contributed by atoms with van der Waals surface area (Å²) >= 11 is 0. The topological polar surface area (TPSA) is 84.2 Å². The number of carbonyl (C=O) groups is 2. The minimum Gasteiger partial charge on any atom is -0.350 e. The summed E-state index contributed by atoms with van der Waals surface area (Å²) in [4.78, 5) is 23.8. The zero-order valence-corrected chi connectivity index (χ0v) is 13.9. The first-order valence-corrected chi connectivity index (χ1v) is 7.74. The van der Waals surface area contributed by atoms with Gasteiger partial charge in [-0.1, -0.05) is 41.6 Å². The lowest BCUT2D eigenvalue weighted by Gasteiger charge is -2.11. The fourth-order valence-corrected chi connectivity index (χ4v) is 2.37. The lowest BCUT2D eigenvalue weighted by atomic mass is 10.1. The van der Waals surface area contributed by atoms with Crippen LogP contribution in [0.1, 0.15) is 23.0 Å². The third kappa shape index (κ3) is 3.92. The van der Waals surface area contributed by atoms with Gasteiger partial charge in [-0.3, -0.25) is 9.59 Å². The van der Waals surface area contributed by atoms with E-state index in [2.05, 4.69) is 15.8 Å². The van der Waals surface area contributed by atoms with E-state index in [1.807, 2.05) is 43.3 Å². The van der Waals surface area contributed by atoms with E-state index in [9.17, 15) is 9.59 Å². The van der Waals surface area contributed by atoms with Gasteiger partial charge in [0.05, 0.1) is 11.4 Å². The second-order valence-electron chi connectivity index (χ2n) is 5.63. The zero-order chi connectivity index (χ0) is 17.8. The van der Waals surface area contributed by atoms with E-state index in [1.165, 1.54) is 6.92 Å². The molecule has 3 rings (SSSR count). The van der Waals surface area contributed by atoms with Crippen LogP contribution in [0, 0.1) is 6.92 Å². The van der Waals surface area contributed by atoms with Crippen molar-refractivity contribution < 1.29 is 14.1 Å². The van der Waals surface area contributed by atoms with Gasteiger partial charge in [0.25, 0.3) is 5.91 Å². The van der Waals surface area contributed by atoms with E-state index in [4.69, 9.17) is 4.52 Å². The Morgan fingerprint density at radius 2 is 1.72 bits per heavy atom. The first kappa shape index (κ1) is 16.4. The molecule has 0 radical (unpaired) electrons. The number of nitrogens with one attached hydrogen (secondary N) is 2. The van der Waals surface area contributed by atoms with Crippen LogP contribution < -0.4 is 10.6 Å². The third-order valence-corrected chi connectivity index (χ3v) is 3.54. The van der Waals surface area contributed by atoms with Gasteiger partial charge in [0.15, 0.2) is 0 Å². The summed E-state index contributed by atoms with van der Waals surface area (Å²) in [6.07, 6.45) is 0. The zero-order valence-electron chi connectivity index (χ0n) is 13.9. The van der Waals surface area contributed by atoms with Gasteiger partial charge in [0.1, 0.15) is 5.69 Å². The summed E-state index contributed by atoms with van der Waals surface area (Å²) in [6, 6.07) is 16.4. The third-order valence-electron chi connectivity index (χ3n) is 3.54. The van der Waals surface area contributed by atoms with E-state index >= 15 is 0 Å². The molecule has 0 saturated carbocycles. The second kappa shape index (κ2) is 7.00. The molecule has 0 spiro atoms. The standard InChI is InChI=1S/C19H17N3O3/c1-12-8-9-15(20-13(2)23)17(10-12)21-19(24)18-11-16(22-25-18)14-6-4-3-5-7-14/h3-11H,1-2H3,(H,20,23)(H,21,24). The molecule has 2 N–H and O–H groups in total. The van der Waals surface area contributed by atoms with Crippen LogP contribution in [0.4, 0.5) is 11.4 Å². The fourth-order valence-electron chi connectivity index (χ4n) is 2.37. The van der Waals surface area contributed by atoms with E-state index in [0.29, 0.717) is 17.1 Å². The summed E-state index contributed by atoms with van der Waals surface area (Å²) < 4.78 is 5.15. The van der Waals surface area contributed by atoms with E-state index in [-0.39, 0.29) is 11.7 Å². The first-order chi connectivity index (χ1) is 12.0. The molecule has 3 aromatic rings. The first-order valence-electron chi connectivity index (χ1n) is 7.74. The SMILES string of the molecule is CC(=O)Nc1ccc(C)cc1NC(=O)c1cc(-c2ccccc2)no1. The molecule has 1 heterocycles. The lowest BCUT2D eigenvalue weighted by Crippen LogP contribution is -2.14. The minimum absolute atomic E-state index is 0.0918. The second-order valence-corrected chi connectivity index (χ2v) is 5.63. The number of amides is 2. The molecule has 126 valence electrons. The lowest BCUT2D eigenvalue weighted by molar-refractivity contribution is -0.114. The molecule has 25 heavy (non-hydrogen) atoms. The molecule has 0 unspecified atom stereocenters. The van der Waals surface area contributed by atoms with Crippen LogP contribution >= 0.6 is 0 Å². The van der Waals surface area contributed by atoms with E-state index in [0.717, 1.165) is 11.1 Å². The van der Waals surface area contributed by atoms with Crippen molar-refractivity contribution in [1.82, 2.24) is 5.16 Å². The maximum atomic E-state index is 12.5. The Kier molecular flexibility index (Phi) is 4.61.